The molecule has 0 saturated carbocycles. The Kier molecular flexibility index (Phi) is 7.77. The van der Waals surface area contributed by atoms with E-state index in [1.807, 2.05) is 19.3 Å². The van der Waals surface area contributed by atoms with Crippen LogP contribution in [0, 0.1) is 5.41 Å². The Morgan fingerprint density at radius 2 is 1.47 bits per heavy atom. The lowest BCUT2D eigenvalue weighted by molar-refractivity contribution is -0.159. The van der Waals surface area contributed by atoms with Gasteiger partial charge in [0.2, 0.25) is 5.96 Å². The van der Waals surface area contributed by atoms with Crippen LogP contribution in [0.15, 0.2) is 4.99 Å². The van der Waals surface area contributed by atoms with Gasteiger partial charge in [0, 0.05) is 0 Å². The number of hydrogen-bond donors (Lipinski definition) is 5. The number of nitrogens with two attached hydrogens (primary N) is 1. The Labute approximate surface area is 112 Å². The molecule has 0 unspecified atom stereocenters. The molecule has 0 heterocycles. The Balaban J connectivity index is 0. The number of nitrogens with zero attached hydrogens (tertiary/aromatic N) is 1. The highest BCUT2D eigenvalue weighted by Crippen LogP contribution is 2.29. The lowest BCUT2D eigenvalue weighted by Gasteiger charge is -2.29. The monoisotopic (exact) mass is 277 g/mol. The normalized spacial score (nSPS) is 12.2. The number of aliphatic carboxylic acids is 2. The predicted octanol–water partition coefficient (Wildman–Crippen LogP) is 0.650. The Bertz CT molecular complexity index is 333. The standard InChI is InChI=1S/C9H21N3O.C2H2O4/c1-8(2,3)6-9(4,5)11-7(10)12-13;3-1(4)2(5)6/h13H,6H2,1-5H3,(H3,10,11,12);(H,3,4)(H,5,6). The first-order valence-corrected chi connectivity index (χ1v) is 5.52. The second-order valence-corrected chi connectivity index (χ2v) is 5.77. The van der Waals surface area contributed by atoms with E-state index < -0.39 is 11.9 Å². The third-order valence-electron chi connectivity index (χ3n) is 1.68. The van der Waals surface area contributed by atoms with E-state index >= 15 is 0 Å². The zero-order chi connectivity index (χ0) is 15.9. The van der Waals surface area contributed by atoms with E-state index in [4.69, 9.17) is 30.7 Å². The quantitative estimate of drug-likeness (QED) is 0.215. The van der Waals surface area contributed by atoms with Crippen molar-refractivity contribution in [1.82, 2.24) is 5.48 Å². The largest absolute Gasteiger partial charge is 0.473 e. The molecule has 19 heavy (non-hydrogen) atoms. The van der Waals surface area contributed by atoms with E-state index in [2.05, 4.69) is 25.8 Å². The molecule has 0 aliphatic heterocycles. The summed E-state index contributed by atoms with van der Waals surface area (Å²) in [6.45, 7) is 10.4. The van der Waals surface area contributed by atoms with Gasteiger partial charge in [-0.15, -0.1) is 0 Å². The number of carboxylic acid groups (broad SMARTS) is 2. The highest BCUT2D eigenvalue weighted by Gasteiger charge is 2.24. The molecule has 0 aromatic rings. The van der Waals surface area contributed by atoms with Crippen LogP contribution in [0.2, 0.25) is 0 Å². The molecule has 112 valence electrons. The highest BCUT2D eigenvalue weighted by atomic mass is 16.5. The van der Waals surface area contributed by atoms with Gasteiger partial charge in [0.15, 0.2) is 0 Å². The molecule has 0 amide bonds. The zero-order valence-electron chi connectivity index (χ0n) is 11.9. The third kappa shape index (κ3) is 14.1. The van der Waals surface area contributed by atoms with E-state index in [0.717, 1.165) is 6.42 Å². The van der Waals surface area contributed by atoms with E-state index in [-0.39, 0.29) is 16.9 Å². The smallest absolute Gasteiger partial charge is 0.414 e. The van der Waals surface area contributed by atoms with Gasteiger partial charge in [-0.1, -0.05) is 20.8 Å². The first kappa shape index (κ1) is 19.5. The van der Waals surface area contributed by atoms with Crippen LogP contribution >= 0.6 is 0 Å². The van der Waals surface area contributed by atoms with Gasteiger partial charge in [-0.3, -0.25) is 5.21 Å². The first-order chi connectivity index (χ1) is 8.30. The molecule has 0 spiro atoms. The van der Waals surface area contributed by atoms with Crippen LogP contribution in [0.3, 0.4) is 0 Å². The maximum atomic E-state index is 9.10. The number of guanidine groups is 1. The topological polar surface area (TPSA) is 145 Å². The Morgan fingerprint density at radius 1 is 1.11 bits per heavy atom. The summed E-state index contributed by atoms with van der Waals surface area (Å²) in [6, 6.07) is 0. The molecular weight excluding hydrogens is 254 g/mol. The van der Waals surface area contributed by atoms with Gasteiger partial charge >= 0.3 is 11.9 Å². The van der Waals surface area contributed by atoms with Gasteiger partial charge in [-0.2, -0.15) is 0 Å². The molecule has 8 nitrogen and oxygen atoms in total. The van der Waals surface area contributed by atoms with Crippen LogP contribution in [-0.4, -0.2) is 38.9 Å². The third-order valence-corrected chi connectivity index (χ3v) is 1.68. The molecule has 0 aliphatic rings. The van der Waals surface area contributed by atoms with Gasteiger partial charge in [0.1, 0.15) is 0 Å². The van der Waals surface area contributed by atoms with Crippen molar-refractivity contribution in [2.75, 3.05) is 0 Å². The minimum absolute atomic E-state index is 0.0641. The van der Waals surface area contributed by atoms with Crippen LogP contribution in [0.4, 0.5) is 0 Å². The van der Waals surface area contributed by atoms with Crippen LogP contribution in [0.25, 0.3) is 0 Å². The molecule has 0 rings (SSSR count). The van der Waals surface area contributed by atoms with E-state index in [9.17, 15) is 0 Å². The average Bonchev–Trinajstić information content (AvgIpc) is 2.13. The second kappa shape index (κ2) is 7.57. The Morgan fingerprint density at radius 3 is 1.68 bits per heavy atom. The summed E-state index contributed by atoms with van der Waals surface area (Å²) >= 11 is 0. The van der Waals surface area contributed by atoms with E-state index in [1.165, 1.54) is 0 Å². The lowest BCUT2D eigenvalue weighted by Crippen LogP contribution is -2.34. The summed E-state index contributed by atoms with van der Waals surface area (Å²) in [6.07, 6.45) is 0.905. The van der Waals surface area contributed by atoms with Crippen molar-refractivity contribution >= 4 is 17.9 Å². The van der Waals surface area contributed by atoms with Crippen LogP contribution < -0.4 is 11.2 Å². The average molecular weight is 277 g/mol. The zero-order valence-corrected chi connectivity index (χ0v) is 11.9. The molecule has 0 aliphatic carbocycles. The van der Waals surface area contributed by atoms with Crippen molar-refractivity contribution in [1.29, 1.82) is 0 Å². The molecular formula is C11H23N3O5. The molecule has 0 fully saturated rings. The molecule has 0 bridgehead atoms. The van der Waals surface area contributed by atoms with Crippen molar-refractivity contribution < 1.29 is 25.0 Å². The summed E-state index contributed by atoms with van der Waals surface area (Å²) in [5, 5.41) is 23.3. The number of carboxylic acids is 2. The van der Waals surface area contributed by atoms with Crippen molar-refractivity contribution in [2.45, 2.75) is 46.6 Å². The van der Waals surface area contributed by atoms with Gasteiger partial charge in [0.25, 0.3) is 0 Å². The van der Waals surface area contributed by atoms with Gasteiger partial charge in [-0.25, -0.2) is 20.1 Å². The van der Waals surface area contributed by atoms with Crippen molar-refractivity contribution in [3.63, 3.8) is 0 Å². The fourth-order valence-electron chi connectivity index (χ4n) is 1.69. The van der Waals surface area contributed by atoms with Crippen LogP contribution in [0.1, 0.15) is 41.0 Å². The molecule has 0 aromatic heterocycles. The number of rotatable bonds is 2. The first-order valence-electron chi connectivity index (χ1n) is 5.52. The van der Waals surface area contributed by atoms with E-state index in [0.29, 0.717) is 0 Å². The minimum Gasteiger partial charge on any atom is -0.473 e. The fraction of sp³-hybridized carbons (Fsp3) is 0.727. The molecule has 0 aromatic carbocycles. The molecule has 0 radical (unpaired) electrons. The molecule has 8 heteroatoms. The van der Waals surface area contributed by atoms with Gasteiger partial charge < -0.3 is 15.9 Å². The summed E-state index contributed by atoms with van der Waals surface area (Å²) in [4.78, 5) is 22.3. The molecule has 0 atom stereocenters. The van der Waals surface area contributed by atoms with Crippen molar-refractivity contribution in [3.05, 3.63) is 0 Å². The van der Waals surface area contributed by atoms with E-state index in [1.54, 1.807) is 0 Å². The molecule has 0 saturated heterocycles. The van der Waals surface area contributed by atoms with Crippen molar-refractivity contribution in [3.8, 4) is 0 Å². The minimum atomic E-state index is -1.82. The summed E-state index contributed by atoms with van der Waals surface area (Å²) < 4.78 is 0. The number of hydroxylamine groups is 1. The molecule has 6 N–H and O–H groups in total. The summed E-state index contributed by atoms with van der Waals surface area (Å²) in [7, 11) is 0. The number of aliphatic imine (C=N–C) groups is 1. The number of carbonyl (C=O) groups is 2. The predicted molar refractivity (Wildman–Crippen MR) is 70.0 cm³/mol. The van der Waals surface area contributed by atoms with Crippen LogP contribution in [-0.2, 0) is 9.59 Å². The Hall–Kier alpha value is -1.83. The highest BCUT2D eigenvalue weighted by molar-refractivity contribution is 6.27. The lowest BCUT2D eigenvalue weighted by atomic mass is 9.82. The SMILES string of the molecule is CC(C)(C)CC(C)(C)N=C(N)NO.O=C(O)C(=O)O. The fourth-order valence-corrected chi connectivity index (χ4v) is 1.69. The second-order valence-electron chi connectivity index (χ2n) is 5.77. The van der Waals surface area contributed by atoms with Gasteiger partial charge in [-0.05, 0) is 25.7 Å². The summed E-state index contributed by atoms with van der Waals surface area (Å²) in [5.41, 5.74) is 7.15. The van der Waals surface area contributed by atoms with Crippen molar-refractivity contribution in [2.24, 2.45) is 16.1 Å². The van der Waals surface area contributed by atoms with Gasteiger partial charge in [0.05, 0.1) is 5.54 Å². The number of hydrogen-bond acceptors (Lipinski definition) is 4. The maximum absolute atomic E-state index is 9.10. The number of nitrogens with one attached hydrogen (secondary N) is 1. The maximum Gasteiger partial charge on any atom is 0.414 e. The summed E-state index contributed by atoms with van der Waals surface area (Å²) in [5.74, 6) is -3.58. The van der Waals surface area contributed by atoms with Crippen LogP contribution in [0.5, 0.6) is 0 Å².